The first-order chi connectivity index (χ1) is 12.9. The number of rotatable bonds is 6. The number of sulfonamides is 1. The minimum absolute atomic E-state index is 0. The number of nitrogens with one attached hydrogen (secondary N) is 1. The summed E-state index contributed by atoms with van der Waals surface area (Å²) < 4.78 is 39.2. The SMILES string of the molecule is COc1ccc(-c2nc(C3(N)CCC3)no2)cc1S(=O)(=O)NC1CCCC1.Cl. The molecule has 154 valence electrons. The van der Waals surface area contributed by atoms with E-state index >= 15 is 0 Å². The monoisotopic (exact) mass is 428 g/mol. The van der Waals surface area contributed by atoms with Crippen LogP contribution in [0.1, 0.15) is 50.8 Å². The third-order valence-corrected chi connectivity index (χ3v) is 7.04. The Hall–Kier alpha value is -1.68. The van der Waals surface area contributed by atoms with Crippen LogP contribution in [0, 0.1) is 0 Å². The Morgan fingerprint density at radius 2 is 1.96 bits per heavy atom. The molecule has 2 aliphatic rings. The fourth-order valence-corrected chi connectivity index (χ4v) is 5.17. The molecule has 4 rings (SSSR count). The molecule has 1 heterocycles. The molecule has 2 fully saturated rings. The molecule has 0 radical (unpaired) electrons. The van der Waals surface area contributed by atoms with Gasteiger partial charge in [0.15, 0.2) is 5.82 Å². The van der Waals surface area contributed by atoms with Crippen LogP contribution in [0.4, 0.5) is 0 Å². The van der Waals surface area contributed by atoms with E-state index in [0.29, 0.717) is 11.4 Å². The Morgan fingerprint density at radius 1 is 1.25 bits per heavy atom. The molecular weight excluding hydrogens is 404 g/mol. The quantitative estimate of drug-likeness (QED) is 0.725. The predicted molar refractivity (Wildman–Crippen MR) is 106 cm³/mol. The second-order valence-electron chi connectivity index (χ2n) is 7.40. The molecule has 1 aromatic carbocycles. The fraction of sp³-hybridized carbons (Fsp3) is 0.556. The molecule has 1 aromatic heterocycles. The molecule has 8 nitrogen and oxygen atoms in total. The lowest BCUT2D eigenvalue weighted by atomic mass is 9.77. The van der Waals surface area contributed by atoms with Crippen LogP contribution in [0.5, 0.6) is 5.75 Å². The maximum absolute atomic E-state index is 12.9. The number of ether oxygens (including phenoxy) is 1. The van der Waals surface area contributed by atoms with Crippen LogP contribution < -0.4 is 15.2 Å². The average molecular weight is 429 g/mol. The molecule has 0 atom stereocenters. The highest BCUT2D eigenvalue weighted by molar-refractivity contribution is 7.89. The number of benzene rings is 1. The van der Waals surface area contributed by atoms with E-state index in [4.69, 9.17) is 15.0 Å². The molecule has 0 bridgehead atoms. The summed E-state index contributed by atoms with van der Waals surface area (Å²) in [6.07, 6.45) is 6.46. The van der Waals surface area contributed by atoms with Gasteiger partial charge >= 0.3 is 0 Å². The van der Waals surface area contributed by atoms with Gasteiger partial charge in [0, 0.05) is 11.6 Å². The van der Waals surface area contributed by atoms with Gasteiger partial charge in [-0.15, -0.1) is 12.4 Å². The van der Waals surface area contributed by atoms with Crippen molar-refractivity contribution in [2.24, 2.45) is 5.73 Å². The lowest BCUT2D eigenvalue weighted by molar-refractivity contribution is 0.229. The van der Waals surface area contributed by atoms with Gasteiger partial charge in [-0.25, -0.2) is 13.1 Å². The molecule has 0 unspecified atom stereocenters. The highest BCUT2D eigenvalue weighted by Crippen LogP contribution is 2.38. The predicted octanol–water partition coefficient (Wildman–Crippen LogP) is 2.73. The van der Waals surface area contributed by atoms with Crippen LogP contribution >= 0.6 is 12.4 Å². The van der Waals surface area contributed by atoms with Crippen molar-refractivity contribution < 1.29 is 17.7 Å². The van der Waals surface area contributed by atoms with E-state index in [1.165, 1.54) is 13.2 Å². The van der Waals surface area contributed by atoms with Gasteiger partial charge in [0.05, 0.1) is 12.6 Å². The van der Waals surface area contributed by atoms with E-state index in [2.05, 4.69) is 14.9 Å². The maximum Gasteiger partial charge on any atom is 0.258 e. The number of halogens is 1. The average Bonchev–Trinajstić information content (AvgIpc) is 3.31. The lowest BCUT2D eigenvalue weighted by Gasteiger charge is -2.34. The topological polar surface area (TPSA) is 120 Å². The van der Waals surface area contributed by atoms with Gasteiger partial charge in [0.2, 0.25) is 10.0 Å². The van der Waals surface area contributed by atoms with Gasteiger partial charge in [-0.05, 0) is 50.3 Å². The molecule has 2 aromatic rings. The number of nitrogens with zero attached hydrogens (tertiary/aromatic N) is 2. The zero-order valence-corrected chi connectivity index (χ0v) is 17.3. The van der Waals surface area contributed by atoms with Crippen molar-refractivity contribution >= 4 is 22.4 Å². The van der Waals surface area contributed by atoms with Crippen LogP contribution in [0.25, 0.3) is 11.5 Å². The number of hydrogen-bond donors (Lipinski definition) is 2. The first-order valence-corrected chi connectivity index (χ1v) is 10.7. The van der Waals surface area contributed by atoms with Gasteiger partial charge in [0.1, 0.15) is 10.6 Å². The molecule has 10 heteroatoms. The van der Waals surface area contributed by atoms with E-state index in [0.717, 1.165) is 44.9 Å². The van der Waals surface area contributed by atoms with Crippen molar-refractivity contribution in [3.05, 3.63) is 24.0 Å². The molecule has 3 N–H and O–H groups in total. The number of aromatic nitrogens is 2. The molecule has 0 aliphatic heterocycles. The number of nitrogens with two attached hydrogens (primary N) is 1. The largest absolute Gasteiger partial charge is 0.495 e. The molecule has 28 heavy (non-hydrogen) atoms. The normalized spacial score (nSPS) is 19.1. The third-order valence-electron chi connectivity index (χ3n) is 5.49. The second kappa shape index (κ2) is 7.98. The lowest BCUT2D eigenvalue weighted by Crippen LogP contribution is -2.44. The summed E-state index contributed by atoms with van der Waals surface area (Å²) in [5.41, 5.74) is 6.22. The van der Waals surface area contributed by atoms with Crippen LogP contribution in [0.2, 0.25) is 0 Å². The van der Waals surface area contributed by atoms with Crippen molar-refractivity contribution in [2.45, 2.75) is 61.4 Å². The van der Waals surface area contributed by atoms with E-state index in [1.807, 2.05) is 0 Å². The Morgan fingerprint density at radius 3 is 2.57 bits per heavy atom. The molecule has 0 spiro atoms. The molecule has 2 aliphatic carbocycles. The summed E-state index contributed by atoms with van der Waals surface area (Å²) in [6.45, 7) is 0. The summed E-state index contributed by atoms with van der Waals surface area (Å²) in [5.74, 6) is 0.994. The summed E-state index contributed by atoms with van der Waals surface area (Å²) in [7, 11) is -2.27. The standard InChI is InChI=1S/C18H24N4O4S.ClH/c1-25-14-8-7-12(16-20-17(21-26-16)18(19)9-4-10-18)11-15(14)27(23,24)22-13-5-2-3-6-13;/h7-8,11,13,22H,2-6,9-10,19H2,1H3;1H. The first kappa shape index (κ1) is 21.0. The highest BCUT2D eigenvalue weighted by atomic mass is 35.5. The van der Waals surface area contributed by atoms with Gasteiger partial charge < -0.3 is 15.0 Å². The van der Waals surface area contributed by atoms with Crippen molar-refractivity contribution in [3.8, 4) is 17.2 Å². The van der Waals surface area contributed by atoms with Crippen LogP contribution in [0.3, 0.4) is 0 Å². The van der Waals surface area contributed by atoms with Gasteiger partial charge in [-0.2, -0.15) is 4.98 Å². The Bertz CT molecular complexity index is 937. The van der Waals surface area contributed by atoms with Crippen molar-refractivity contribution in [2.75, 3.05) is 7.11 Å². The van der Waals surface area contributed by atoms with Gasteiger partial charge in [0.25, 0.3) is 5.89 Å². The molecule has 2 saturated carbocycles. The van der Waals surface area contributed by atoms with Crippen LogP contribution in [-0.2, 0) is 15.6 Å². The maximum atomic E-state index is 12.9. The smallest absolute Gasteiger partial charge is 0.258 e. The summed E-state index contributed by atoms with van der Waals surface area (Å²) in [5, 5.41) is 4.00. The van der Waals surface area contributed by atoms with E-state index in [1.54, 1.807) is 12.1 Å². The van der Waals surface area contributed by atoms with Crippen LogP contribution in [-0.4, -0.2) is 31.7 Å². The van der Waals surface area contributed by atoms with E-state index in [9.17, 15) is 8.42 Å². The number of hydrogen-bond acceptors (Lipinski definition) is 7. The third kappa shape index (κ3) is 3.89. The second-order valence-corrected chi connectivity index (χ2v) is 9.08. The highest BCUT2D eigenvalue weighted by Gasteiger charge is 2.39. The zero-order chi connectivity index (χ0) is 19.1. The Kier molecular flexibility index (Phi) is 6.00. The van der Waals surface area contributed by atoms with E-state index < -0.39 is 15.6 Å². The molecule has 0 amide bonds. The fourth-order valence-electron chi connectivity index (χ4n) is 3.67. The van der Waals surface area contributed by atoms with Crippen molar-refractivity contribution in [1.29, 1.82) is 0 Å². The first-order valence-electron chi connectivity index (χ1n) is 9.25. The minimum atomic E-state index is -3.72. The van der Waals surface area contributed by atoms with Gasteiger partial charge in [-0.3, -0.25) is 0 Å². The van der Waals surface area contributed by atoms with Gasteiger partial charge in [-0.1, -0.05) is 18.0 Å². The van der Waals surface area contributed by atoms with Crippen molar-refractivity contribution in [3.63, 3.8) is 0 Å². The summed E-state index contributed by atoms with van der Waals surface area (Å²) >= 11 is 0. The van der Waals surface area contributed by atoms with Crippen LogP contribution in [0.15, 0.2) is 27.6 Å². The molecular formula is C18H25ClN4O4S. The number of methoxy groups -OCH3 is 1. The zero-order valence-electron chi connectivity index (χ0n) is 15.7. The van der Waals surface area contributed by atoms with Crippen molar-refractivity contribution in [1.82, 2.24) is 14.9 Å². The molecule has 0 saturated heterocycles. The summed E-state index contributed by atoms with van der Waals surface area (Å²) in [4.78, 5) is 4.47. The minimum Gasteiger partial charge on any atom is -0.495 e. The van der Waals surface area contributed by atoms with E-state index in [-0.39, 0.29) is 35.0 Å². The Balaban J connectivity index is 0.00000225. The summed E-state index contributed by atoms with van der Waals surface area (Å²) in [6, 6.07) is 4.78. The Labute approximate surface area is 170 Å².